The van der Waals surface area contributed by atoms with E-state index in [4.69, 9.17) is 0 Å². The number of carbonyl (C=O) groups excluding carboxylic acids is 1. The Hall–Kier alpha value is -2.66. The van der Waals surface area contributed by atoms with Gasteiger partial charge in [-0.1, -0.05) is 40.2 Å². The number of aryl methyl sites for hydroxylation is 1. The molecule has 0 unspecified atom stereocenters. The number of nitrogens with zero attached hydrogens (tertiary/aromatic N) is 1. The summed E-state index contributed by atoms with van der Waals surface area (Å²) in [6, 6.07) is 19.5. The number of carbonyl (C=O) groups is 1. The standard InChI is InChI=1S/C20H18BrN3O/c1-14-3-2-4-17(11-14)23-19-10-9-18(13-22-19)24-20(25)12-15-5-7-16(21)8-6-15/h2-11,13H,12H2,1H3,(H,22,23)(H,24,25). The van der Waals surface area contributed by atoms with Gasteiger partial charge >= 0.3 is 0 Å². The van der Waals surface area contributed by atoms with Gasteiger partial charge in [0.1, 0.15) is 5.82 Å². The van der Waals surface area contributed by atoms with Crippen LogP contribution in [0.25, 0.3) is 0 Å². The van der Waals surface area contributed by atoms with Crippen LogP contribution >= 0.6 is 15.9 Å². The molecule has 0 aliphatic carbocycles. The van der Waals surface area contributed by atoms with Gasteiger partial charge in [0.05, 0.1) is 18.3 Å². The lowest BCUT2D eigenvalue weighted by Gasteiger charge is -2.08. The van der Waals surface area contributed by atoms with Crippen LogP contribution in [0.4, 0.5) is 17.2 Å². The molecule has 2 N–H and O–H groups in total. The van der Waals surface area contributed by atoms with Gasteiger partial charge in [0.2, 0.25) is 5.91 Å². The smallest absolute Gasteiger partial charge is 0.228 e. The first-order chi connectivity index (χ1) is 12.1. The summed E-state index contributed by atoms with van der Waals surface area (Å²) in [5, 5.41) is 6.11. The highest BCUT2D eigenvalue weighted by molar-refractivity contribution is 9.10. The van der Waals surface area contributed by atoms with Gasteiger partial charge in [-0.3, -0.25) is 4.79 Å². The minimum Gasteiger partial charge on any atom is -0.340 e. The van der Waals surface area contributed by atoms with Crippen molar-refractivity contribution in [2.24, 2.45) is 0 Å². The number of amides is 1. The second-order valence-electron chi connectivity index (χ2n) is 5.78. The summed E-state index contributed by atoms with van der Waals surface area (Å²) in [6.07, 6.45) is 1.98. The molecule has 2 aromatic carbocycles. The number of aromatic nitrogens is 1. The lowest BCUT2D eigenvalue weighted by molar-refractivity contribution is -0.115. The summed E-state index contributed by atoms with van der Waals surface area (Å²) >= 11 is 3.38. The number of anilines is 3. The largest absolute Gasteiger partial charge is 0.340 e. The monoisotopic (exact) mass is 395 g/mol. The minimum atomic E-state index is -0.0662. The normalized spacial score (nSPS) is 10.3. The Kier molecular flexibility index (Phi) is 5.46. The van der Waals surface area contributed by atoms with E-state index in [1.165, 1.54) is 5.56 Å². The second-order valence-corrected chi connectivity index (χ2v) is 6.69. The van der Waals surface area contributed by atoms with E-state index >= 15 is 0 Å². The van der Waals surface area contributed by atoms with Crippen LogP contribution in [0.2, 0.25) is 0 Å². The van der Waals surface area contributed by atoms with Crippen molar-refractivity contribution in [3.05, 3.63) is 82.5 Å². The van der Waals surface area contributed by atoms with Crippen molar-refractivity contribution in [3.63, 3.8) is 0 Å². The SMILES string of the molecule is Cc1cccc(Nc2ccc(NC(=O)Cc3ccc(Br)cc3)cn2)c1. The van der Waals surface area contributed by atoms with E-state index in [-0.39, 0.29) is 5.91 Å². The lowest BCUT2D eigenvalue weighted by Crippen LogP contribution is -2.14. The Morgan fingerprint density at radius 1 is 1.04 bits per heavy atom. The molecule has 0 spiro atoms. The fourth-order valence-corrected chi connectivity index (χ4v) is 2.67. The van der Waals surface area contributed by atoms with Crippen LogP contribution in [-0.4, -0.2) is 10.9 Å². The third-order valence-electron chi connectivity index (χ3n) is 3.62. The quantitative estimate of drug-likeness (QED) is 0.633. The number of benzene rings is 2. The van der Waals surface area contributed by atoms with Crippen LogP contribution in [0.15, 0.2) is 71.3 Å². The fourth-order valence-electron chi connectivity index (χ4n) is 2.41. The molecule has 0 atom stereocenters. The fraction of sp³-hybridized carbons (Fsp3) is 0.100. The van der Waals surface area contributed by atoms with Crippen LogP contribution in [0, 0.1) is 6.92 Å². The first-order valence-electron chi connectivity index (χ1n) is 7.92. The van der Waals surface area contributed by atoms with Gasteiger partial charge in [0.25, 0.3) is 0 Å². The molecule has 0 fully saturated rings. The summed E-state index contributed by atoms with van der Waals surface area (Å²) in [5.74, 6) is 0.667. The van der Waals surface area contributed by atoms with Crippen molar-refractivity contribution >= 4 is 39.0 Å². The molecule has 25 heavy (non-hydrogen) atoms. The Morgan fingerprint density at radius 3 is 2.52 bits per heavy atom. The molecule has 1 heterocycles. The predicted molar refractivity (Wildman–Crippen MR) is 105 cm³/mol. The van der Waals surface area contributed by atoms with Gasteiger partial charge in [-0.15, -0.1) is 0 Å². The number of nitrogens with one attached hydrogen (secondary N) is 2. The molecule has 1 aromatic heterocycles. The van der Waals surface area contributed by atoms with Gasteiger partial charge in [-0.25, -0.2) is 4.98 Å². The number of rotatable bonds is 5. The van der Waals surface area contributed by atoms with E-state index in [0.717, 1.165) is 21.5 Å². The molecule has 3 rings (SSSR count). The highest BCUT2D eigenvalue weighted by atomic mass is 79.9. The summed E-state index contributed by atoms with van der Waals surface area (Å²) in [6.45, 7) is 2.04. The summed E-state index contributed by atoms with van der Waals surface area (Å²) < 4.78 is 0.998. The molecule has 0 saturated carbocycles. The first-order valence-corrected chi connectivity index (χ1v) is 8.72. The number of halogens is 1. The Morgan fingerprint density at radius 2 is 1.84 bits per heavy atom. The Labute approximate surface area is 155 Å². The van der Waals surface area contributed by atoms with E-state index in [2.05, 4.69) is 37.6 Å². The van der Waals surface area contributed by atoms with Crippen LogP contribution in [0.5, 0.6) is 0 Å². The van der Waals surface area contributed by atoms with E-state index in [0.29, 0.717) is 12.1 Å². The molecular formula is C20H18BrN3O. The van der Waals surface area contributed by atoms with Gasteiger partial charge < -0.3 is 10.6 Å². The number of hydrogen-bond acceptors (Lipinski definition) is 3. The van der Waals surface area contributed by atoms with E-state index in [1.807, 2.05) is 61.5 Å². The molecule has 1 amide bonds. The Balaban J connectivity index is 1.58. The predicted octanol–water partition coefficient (Wildman–Crippen LogP) is 5.08. The maximum Gasteiger partial charge on any atom is 0.228 e. The molecule has 4 nitrogen and oxygen atoms in total. The molecule has 5 heteroatoms. The van der Waals surface area contributed by atoms with Gasteiger partial charge in [-0.05, 0) is 54.4 Å². The maximum atomic E-state index is 12.1. The van der Waals surface area contributed by atoms with Crippen molar-refractivity contribution in [2.45, 2.75) is 13.3 Å². The summed E-state index contributed by atoms with van der Waals surface area (Å²) in [7, 11) is 0. The third kappa shape index (κ3) is 5.16. The van der Waals surface area contributed by atoms with Crippen LogP contribution in [0.1, 0.15) is 11.1 Å². The number of pyridine rings is 1. The zero-order valence-corrected chi connectivity index (χ0v) is 15.4. The average molecular weight is 396 g/mol. The highest BCUT2D eigenvalue weighted by Gasteiger charge is 2.05. The molecule has 126 valence electrons. The van der Waals surface area contributed by atoms with Crippen molar-refractivity contribution in [1.82, 2.24) is 4.98 Å². The van der Waals surface area contributed by atoms with Crippen LogP contribution in [-0.2, 0) is 11.2 Å². The van der Waals surface area contributed by atoms with Crippen molar-refractivity contribution in [1.29, 1.82) is 0 Å². The molecular weight excluding hydrogens is 378 g/mol. The molecule has 0 aliphatic rings. The van der Waals surface area contributed by atoms with Crippen molar-refractivity contribution in [2.75, 3.05) is 10.6 Å². The maximum absolute atomic E-state index is 12.1. The molecule has 0 radical (unpaired) electrons. The third-order valence-corrected chi connectivity index (χ3v) is 4.14. The second kappa shape index (κ2) is 7.94. The zero-order chi connectivity index (χ0) is 17.6. The van der Waals surface area contributed by atoms with Crippen LogP contribution in [0.3, 0.4) is 0 Å². The average Bonchev–Trinajstić information content (AvgIpc) is 2.59. The van der Waals surface area contributed by atoms with Crippen molar-refractivity contribution < 1.29 is 4.79 Å². The summed E-state index contributed by atoms with van der Waals surface area (Å²) in [4.78, 5) is 16.5. The zero-order valence-electron chi connectivity index (χ0n) is 13.8. The van der Waals surface area contributed by atoms with Gasteiger partial charge in [0.15, 0.2) is 0 Å². The molecule has 0 saturated heterocycles. The lowest BCUT2D eigenvalue weighted by atomic mass is 10.1. The highest BCUT2D eigenvalue weighted by Crippen LogP contribution is 2.17. The number of hydrogen-bond donors (Lipinski definition) is 2. The van der Waals surface area contributed by atoms with Crippen LogP contribution < -0.4 is 10.6 Å². The summed E-state index contributed by atoms with van der Waals surface area (Å²) in [5.41, 5.74) is 3.81. The first kappa shape index (κ1) is 17.2. The van der Waals surface area contributed by atoms with Gasteiger partial charge in [-0.2, -0.15) is 0 Å². The van der Waals surface area contributed by atoms with E-state index < -0.39 is 0 Å². The molecule has 0 aliphatic heterocycles. The van der Waals surface area contributed by atoms with Gasteiger partial charge in [0, 0.05) is 10.2 Å². The van der Waals surface area contributed by atoms with E-state index in [9.17, 15) is 4.79 Å². The Bertz CT molecular complexity index is 861. The molecule has 0 bridgehead atoms. The van der Waals surface area contributed by atoms with E-state index in [1.54, 1.807) is 6.20 Å². The topological polar surface area (TPSA) is 54.0 Å². The minimum absolute atomic E-state index is 0.0662. The van der Waals surface area contributed by atoms with Crippen molar-refractivity contribution in [3.8, 4) is 0 Å². The molecule has 3 aromatic rings.